The van der Waals surface area contributed by atoms with E-state index in [-0.39, 0.29) is 34.7 Å². The van der Waals surface area contributed by atoms with Gasteiger partial charge in [-0.05, 0) is 6.07 Å². The van der Waals surface area contributed by atoms with Crippen molar-refractivity contribution < 1.29 is 33.0 Å². The molecule has 0 radical (unpaired) electrons. The van der Waals surface area contributed by atoms with E-state index in [4.69, 9.17) is 9.84 Å². The fourth-order valence-corrected chi connectivity index (χ4v) is 3.40. The van der Waals surface area contributed by atoms with Gasteiger partial charge in [-0.3, -0.25) is 14.4 Å². The number of carboxylic acids is 1. The number of carbonyl (C=O) groups excluding carboxylic acids is 1. The van der Waals surface area contributed by atoms with E-state index in [0.717, 1.165) is 12.3 Å². The summed E-state index contributed by atoms with van der Waals surface area (Å²) in [5.74, 6) is -3.03. The molecular weight excluding hydrogens is 368 g/mol. The van der Waals surface area contributed by atoms with Gasteiger partial charge in [-0.25, -0.2) is 8.42 Å². The number of nitrogens with one attached hydrogen (secondary N) is 1. The van der Waals surface area contributed by atoms with Crippen molar-refractivity contribution in [3.63, 3.8) is 0 Å². The number of aliphatic carboxylic acids is 1. The zero-order valence-corrected chi connectivity index (χ0v) is 14.3. The lowest BCUT2D eigenvalue weighted by Crippen LogP contribution is -2.37. The SMILES string of the molecule is CS(=O)(=O)c1cc2c3c(c1)c(O)c(C(=O)NCC(=O)O)c(=O)n3CCO2. The second-order valence-electron chi connectivity index (χ2n) is 5.70. The van der Waals surface area contributed by atoms with Crippen LogP contribution in [-0.4, -0.2) is 54.5 Å². The molecule has 0 saturated carbocycles. The Bertz CT molecular complexity index is 1120. The van der Waals surface area contributed by atoms with Gasteiger partial charge in [0.2, 0.25) is 0 Å². The Morgan fingerprint density at radius 3 is 2.65 bits per heavy atom. The Hall–Kier alpha value is -3.08. The minimum atomic E-state index is -3.65. The third-order valence-corrected chi connectivity index (χ3v) is 4.99. The number of carboxylic acid groups (broad SMARTS) is 1. The fourth-order valence-electron chi connectivity index (χ4n) is 2.75. The molecule has 138 valence electrons. The monoisotopic (exact) mass is 382 g/mol. The second kappa shape index (κ2) is 6.02. The molecule has 1 aliphatic rings. The molecule has 0 spiro atoms. The van der Waals surface area contributed by atoms with Crippen LogP contribution in [0, 0.1) is 0 Å². The number of hydrogen-bond acceptors (Lipinski definition) is 7. The van der Waals surface area contributed by atoms with E-state index in [1.807, 2.05) is 5.32 Å². The van der Waals surface area contributed by atoms with Gasteiger partial charge < -0.3 is 24.8 Å². The van der Waals surface area contributed by atoms with E-state index in [2.05, 4.69) is 0 Å². The van der Waals surface area contributed by atoms with Gasteiger partial charge in [0.15, 0.2) is 9.84 Å². The molecule has 3 rings (SSSR count). The minimum absolute atomic E-state index is 0.0531. The maximum absolute atomic E-state index is 12.6. The summed E-state index contributed by atoms with van der Waals surface area (Å²) < 4.78 is 30.3. The van der Waals surface area contributed by atoms with Crippen LogP contribution in [-0.2, 0) is 21.2 Å². The van der Waals surface area contributed by atoms with Crippen LogP contribution in [0.5, 0.6) is 11.5 Å². The molecule has 10 nitrogen and oxygen atoms in total. The van der Waals surface area contributed by atoms with E-state index in [0.29, 0.717) is 0 Å². The third-order valence-electron chi connectivity index (χ3n) is 3.90. The van der Waals surface area contributed by atoms with Gasteiger partial charge in [-0.1, -0.05) is 0 Å². The molecule has 11 heteroatoms. The average Bonchev–Trinajstić information content (AvgIpc) is 2.56. The van der Waals surface area contributed by atoms with E-state index in [9.17, 15) is 27.9 Å². The predicted molar refractivity (Wildman–Crippen MR) is 88.4 cm³/mol. The number of benzene rings is 1. The summed E-state index contributed by atoms with van der Waals surface area (Å²) in [6.45, 7) is -0.594. The Labute approximate surface area is 146 Å². The van der Waals surface area contributed by atoms with Crippen LogP contribution in [0.1, 0.15) is 10.4 Å². The van der Waals surface area contributed by atoms with Crippen molar-refractivity contribution in [2.75, 3.05) is 19.4 Å². The number of sulfone groups is 1. The summed E-state index contributed by atoms with van der Waals surface area (Å²) in [7, 11) is -3.65. The van der Waals surface area contributed by atoms with Crippen molar-refractivity contribution in [2.45, 2.75) is 11.4 Å². The molecule has 2 aromatic rings. The summed E-state index contributed by atoms with van der Waals surface area (Å²) >= 11 is 0. The van der Waals surface area contributed by atoms with Gasteiger partial charge in [0.1, 0.15) is 30.2 Å². The highest BCUT2D eigenvalue weighted by Gasteiger charge is 2.27. The molecule has 0 bridgehead atoms. The van der Waals surface area contributed by atoms with Crippen molar-refractivity contribution in [1.29, 1.82) is 0 Å². The normalized spacial score (nSPS) is 13.3. The van der Waals surface area contributed by atoms with Crippen LogP contribution in [0.15, 0.2) is 21.8 Å². The van der Waals surface area contributed by atoms with Crippen LogP contribution in [0.25, 0.3) is 10.9 Å². The number of ether oxygens (including phenoxy) is 1. The van der Waals surface area contributed by atoms with Gasteiger partial charge in [0.25, 0.3) is 11.5 Å². The standard InChI is InChI=1S/C15H14N2O8S/c1-26(23,24)7-4-8-12-9(5-7)25-3-2-17(12)15(22)11(13(8)20)14(21)16-6-10(18)19/h4-5,20H,2-3,6H2,1H3,(H,16,21)(H,18,19). The lowest BCUT2D eigenvalue weighted by molar-refractivity contribution is -0.135. The number of amides is 1. The van der Waals surface area contributed by atoms with E-state index in [1.54, 1.807) is 0 Å². The molecule has 0 fully saturated rings. The molecule has 2 heterocycles. The van der Waals surface area contributed by atoms with Crippen LogP contribution in [0.4, 0.5) is 0 Å². The molecule has 1 amide bonds. The molecule has 1 aliphatic heterocycles. The van der Waals surface area contributed by atoms with Gasteiger partial charge in [0, 0.05) is 17.7 Å². The van der Waals surface area contributed by atoms with E-state index < -0.39 is 45.1 Å². The number of rotatable bonds is 4. The topological polar surface area (TPSA) is 152 Å². The van der Waals surface area contributed by atoms with Crippen LogP contribution < -0.4 is 15.6 Å². The molecule has 0 unspecified atom stereocenters. The summed E-state index contributed by atoms with van der Waals surface area (Å²) in [6.07, 6.45) is 0.970. The highest BCUT2D eigenvalue weighted by molar-refractivity contribution is 7.90. The maximum Gasteiger partial charge on any atom is 0.322 e. The predicted octanol–water partition coefficient (Wildman–Crippen LogP) is -0.683. The number of nitrogens with zero attached hydrogens (tertiary/aromatic N) is 1. The van der Waals surface area contributed by atoms with Gasteiger partial charge in [0.05, 0.1) is 17.0 Å². The first-order chi connectivity index (χ1) is 12.1. The van der Waals surface area contributed by atoms with Crippen molar-refractivity contribution in [3.05, 3.63) is 28.0 Å². The van der Waals surface area contributed by atoms with Crippen LogP contribution in [0.3, 0.4) is 0 Å². The Morgan fingerprint density at radius 2 is 2.04 bits per heavy atom. The second-order valence-corrected chi connectivity index (χ2v) is 7.71. The Kier molecular flexibility index (Phi) is 4.11. The first-order valence-electron chi connectivity index (χ1n) is 7.37. The maximum atomic E-state index is 12.6. The van der Waals surface area contributed by atoms with Gasteiger partial charge in [-0.2, -0.15) is 0 Å². The van der Waals surface area contributed by atoms with Crippen molar-refractivity contribution in [2.24, 2.45) is 0 Å². The average molecular weight is 382 g/mol. The van der Waals surface area contributed by atoms with Crippen molar-refractivity contribution >= 4 is 32.6 Å². The molecule has 1 aromatic carbocycles. The highest BCUT2D eigenvalue weighted by Crippen LogP contribution is 2.36. The quantitative estimate of drug-likeness (QED) is 0.629. The first-order valence-corrected chi connectivity index (χ1v) is 9.26. The number of aromatic nitrogens is 1. The zero-order chi connectivity index (χ0) is 19.2. The number of aromatic hydroxyl groups is 1. The molecule has 26 heavy (non-hydrogen) atoms. The van der Waals surface area contributed by atoms with Crippen molar-refractivity contribution in [1.82, 2.24) is 9.88 Å². The molecular formula is C15H14N2O8S. The minimum Gasteiger partial charge on any atom is -0.506 e. The first kappa shape index (κ1) is 17.7. The smallest absolute Gasteiger partial charge is 0.322 e. The number of hydrogen-bond donors (Lipinski definition) is 3. The number of pyridine rings is 1. The molecule has 0 saturated heterocycles. The largest absolute Gasteiger partial charge is 0.506 e. The third kappa shape index (κ3) is 2.86. The van der Waals surface area contributed by atoms with Crippen molar-refractivity contribution in [3.8, 4) is 11.5 Å². The fraction of sp³-hybridized carbons (Fsp3) is 0.267. The van der Waals surface area contributed by atoms with Crippen LogP contribution in [0.2, 0.25) is 0 Å². The summed E-state index contributed by atoms with van der Waals surface area (Å²) in [5.41, 5.74) is -1.31. The van der Waals surface area contributed by atoms with E-state index in [1.165, 1.54) is 10.6 Å². The summed E-state index contributed by atoms with van der Waals surface area (Å²) in [4.78, 5) is 35.3. The Balaban J connectivity index is 2.34. The van der Waals surface area contributed by atoms with Gasteiger partial charge in [-0.15, -0.1) is 0 Å². The molecule has 0 aliphatic carbocycles. The highest BCUT2D eigenvalue weighted by atomic mass is 32.2. The Morgan fingerprint density at radius 1 is 1.35 bits per heavy atom. The number of carbonyl (C=O) groups is 2. The lowest BCUT2D eigenvalue weighted by atomic mass is 10.1. The summed E-state index contributed by atoms with van der Waals surface area (Å²) in [5, 5.41) is 21.1. The molecule has 3 N–H and O–H groups in total. The molecule has 1 aromatic heterocycles. The van der Waals surface area contributed by atoms with Gasteiger partial charge >= 0.3 is 5.97 Å². The summed E-state index contributed by atoms with van der Waals surface area (Å²) in [6, 6.07) is 2.39. The lowest BCUT2D eigenvalue weighted by Gasteiger charge is -2.22. The van der Waals surface area contributed by atoms with Crippen LogP contribution >= 0.6 is 0 Å². The van der Waals surface area contributed by atoms with E-state index >= 15 is 0 Å². The zero-order valence-electron chi connectivity index (χ0n) is 13.5. The molecule has 0 atom stereocenters.